The number of hydrogen-bond donors (Lipinski definition) is 0. The number of ketones is 1. The number of methoxy groups -OCH3 is 1. The Morgan fingerprint density at radius 2 is 1.67 bits per heavy atom. The number of rotatable bonds is 4. The van der Waals surface area contributed by atoms with Crippen molar-refractivity contribution >= 4 is 11.7 Å². The van der Waals surface area contributed by atoms with E-state index in [2.05, 4.69) is 4.90 Å². The third-order valence-corrected chi connectivity index (χ3v) is 6.20. The van der Waals surface area contributed by atoms with Gasteiger partial charge in [0.1, 0.15) is 5.75 Å². The lowest BCUT2D eigenvalue weighted by Crippen LogP contribution is -2.50. The highest BCUT2D eigenvalue weighted by Gasteiger charge is 2.32. The van der Waals surface area contributed by atoms with Crippen LogP contribution in [0, 0.1) is 19.8 Å². The first-order chi connectivity index (χ1) is 12.9. The average Bonchev–Trinajstić information content (AvgIpc) is 2.67. The zero-order valence-electron chi connectivity index (χ0n) is 17.1. The quantitative estimate of drug-likeness (QED) is 0.762. The molecule has 1 aromatic carbocycles. The van der Waals surface area contributed by atoms with Crippen LogP contribution in [0.15, 0.2) is 12.1 Å². The van der Waals surface area contributed by atoms with Crippen molar-refractivity contribution in [2.45, 2.75) is 52.5 Å². The van der Waals surface area contributed by atoms with Gasteiger partial charge in [-0.05, 0) is 69.3 Å². The minimum Gasteiger partial charge on any atom is -0.496 e. The van der Waals surface area contributed by atoms with Crippen LogP contribution in [0.3, 0.4) is 0 Å². The number of ether oxygens (including phenoxy) is 1. The summed E-state index contributed by atoms with van der Waals surface area (Å²) in [6, 6.07) is 4.44. The van der Waals surface area contributed by atoms with Crippen molar-refractivity contribution in [1.29, 1.82) is 0 Å². The minimum absolute atomic E-state index is 0.0665. The van der Waals surface area contributed by atoms with E-state index >= 15 is 0 Å². The highest BCUT2D eigenvalue weighted by Crippen LogP contribution is 2.29. The molecule has 2 fully saturated rings. The van der Waals surface area contributed by atoms with Gasteiger partial charge in [0.2, 0.25) is 5.91 Å². The van der Waals surface area contributed by atoms with E-state index in [4.69, 9.17) is 4.74 Å². The lowest BCUT2D eigenvalue weighted by molar-refractivity contribution is -0.130. The third-order valence-electron chi connectivity index (χ3n) is 6.20. The molecule has 2 aliphatic rings. The van der Waals surface area contributed by atoms with Crippen molar-refractivity contribution in [2.75, 3.05) is 33.3 Å². The second-order valence-corrected chi connectivity index (χ2v) is 8.08. The topological polar surface area (TPSA) is 49.9 Å². The maximum atomic E-state index is 13.2. The maximum Gasteiger partial charge on any atom is 0.219 e. The number of likely N-dealkylation sites (tertiary alicyclic amines) is 2. The van der Waals surface area contributed by atoms with Gasteiger partial charge in [0.05, 0.1) is 7.11 Å². The Morgan fingerprint density at radius 1 is 1.04 bits per heavy atom. The molecule has 0 bridgehead atoms. The van der Waals surface area contributed by atoms with Crippen LogP contribution in [0.1, 0.15) is 54.1 Å². The van der Waals surface area contributed by atoms with Crippen LogP contribution in [-0.2, 0) is 4.79 Å². The Morgan fingerprint density at radius 3 is 2.22 bits per heavy atom. The molecule has 1 unspecified atom stereocenters. The molecular weight excluding hydrogens is 340 g/mol. The SMILES string of the molecule is COc1c(C)cc(C(=O)C2CCCN(C3CCN(C(C)=O)CC3)C2)cc1C. The smallest absolute Gasteiger partial charge is 0.219 e. The van der Waals surface area contributed by atoms with E-state index in [9.17, 15) is 9.59 Å². The molecule has 0 aliphatic carbocycles. The van der Waals surface area contributed by atoms with Crippen LogP contribution >= 0.6 is 0 Å². The number of benzene rings is 1. The van der Waals surface area contributed by atoms with Gasteiger partial charge in [0.25, 0.3) is 0 Å². The monoisotopic (exact) mass is 372 g/mol. The first-order valence-electron chi connectivity index (χ1n) is 10.1. The van der Waals surface area contributed by atoms with E-state index in [-0.39, 0.29) is 17.6 Å². The van der Waals surface area contributed by atoms with Crippen LogP contribution in [0.2, 0.25) is 0 Å². The summed E-state index contributed by atoms with van der Waals surface area (Å²) in [5.41, 5.74) is 2.85. The second kappa shape index (κ2) is 8.42. The fraction of sp³-hybridized carbons (Fsp3) is 0.636. The molecule has 1 aromatic rings. The number of Topliss-reactive ketones (excluding diaryl/α,β-unsaturated/α-hetero) is 1. The zero-order valence-corrected chi connectivity index (χ0v) is 17.1. The molecule has 1 atom stereocenters. The molecule has 3 rings (SSSR count). The number of carbonyl (C=O) groups excluding carboxylic acids is 2. The van der Waals surface area contributed by atoms with Gasteiger partial charge in [-0.2, -0.15) is 0 Å². The first-order valence-corrected chi connectivity index (χ1v) is 10.1. The first kappa shape index (κ1) is 19.9. The largest absolute Gasteiger partial charge is 0.496 e. The molecule has 5 nitrogen and oxygen atoms in total. The van der Waals surface area contributed by atoms with Crippen molar-refractivity contribution in [2.24, 2.45) is 5.92 Å². The molecular formula is C22H32N2O3. The second-order valence-electron chi connectivity index (χ2n) is 8.08. The van der Waals surface area contributed by atoms with Gasteiger partial charge in [-0.25, -0.2) is 0 Å². The summed E-state index contributed by atoms with van der Waals surface area (Å²) < 4.78 is 5.43. The molecule has 0 radical (unpaired) electrons. The van der Waals surface area contributed by atoms with Crippen molar-refractivity contribution in [1.82, 2.24) is 9.80 Å². The Balaban J connectivity index is 1.66. The maximum absolute atomic E-state index is 13.2. The number of aryl methyl sites for hydroxylation is 2. The summed E-state index contributed by atoms with van der Waals surface area (Å²) in [6.45, 7) is 9.23. The normalized spacial score (nSPS) is 21.9. The van der Waals surface area contributed by atoms with Crippen molar-refractivity contribution in [3.05, 3.63) is 28.8 Å². The van der Waals surface area contributed by atoms with Crippen LogP contribution in [0.5, 0.6) is 5.75 Å². The van der Waals surface area contributed by atoms with E-state index in [0.717, 1.165) is 74.3 Å². The lowest BCUT2D eigenvalue weighted by atomic mass is 9.87. The summed E-state index contributed by atoms with van der Waals surface area (Å²) >= 11 is 0. The number of nitrogens with zero attached hydrogens (tertiary/aromatic N) is 2. The minimum atomic E-state index is 0.0665. The highest BCUT2D eigenvalue weighted by molar-refractivity contribution is 5.98. The van der Waals surface area contributed by atoms with E-state index in [1.807, 2.05) is 30.9 Å². The van der Waals surface area contributed by atoms with Gasteiger partial charge in [-0.3, -0.25) is 14.5 Å². The Labute approximate surface area is 162 Å². The highest BCUT2D eigenvalue weighted by atomic mass is 16.5. The summed E-state index contributed by atoms with van der Waals surface area (Å²) in [6.07, 6.45) is 4.06. The molecule has 0 N–H and O–H groups in total. The van der Waals surface area contributed by atoms with Crippen LogP contribution in [0.4, 0.5) is 0 Å². The van der Waals surface area contributed by atoms with Gasteiger partial charge in [0, 0.05) is 44.1 Å². The molecule has 1 amide bonds. The van der Waals surface area contributed by atoms with Crippen LogP contribution in [-0.4, -0.2) is 60.8 Å². The Kier molecular flexibility index (Phi) is 6.20. The zero-order chi connectivity index (χ0) is 19.6. The molecule has 2 heterocycles. The van der Waals surface area contributed by atoms with Gasteiger partial charge >= 0.3 is 0 Å². The van der Waals surface area contributed by atoms with E-state index < -0.39 is 0 Å². The third kappa shape index (κ3) is 4.34. The fourth-order valence-corrected chi connectivity index (χ4v) is 4.75. The van der Waals surface area contributed by atoms with Gasteiger partial charge < -0.3 is 9.64 Å². The number of hydrogen-bond acceptors (Lipinski definition) is 4. The predicted octanol–water partition coefficient (Wildman–Crippen LogP) is 3.22. The molecule has 0 spiro atoms. The molecule has 5 heteroatoms. The average molecular weight is 373 g/mol. The molecule has 0 aromatic heterocycles. The van der Waals surface area contributed by atoms with Crippen LogP contribution < -0.4 is 4.74 Å². The summed E-state index contributed by atoms with van der Waals surface area (Å²) in [7, 11) is 1.67. The lowest BCUT2D eigenvalue weighted by Gasteiger charge is -2.42. The van der Waals surface area contributed by atoms with Crippen LogP contribution in [0.25, 0.3) is 0 Å². The van der Waals surface area contributed by atoms with E-state index in [1.54, 1.807) is 14.0 Å². The fourth-order valence-electron chi connectivity index (χ4n) is 4.75. The molecule has 148 valence electrons. The standard InChI is InChI=1S/C22H32N2O3/c1-15-12-19(13-16(2)22(15)27-4)21(26)18-6-5-9-24(14-18)20-7-10-23(11-8-20)17(3)25/h12-13,18,20H,5-11,14H2,1-4H3. The molecule has 2 saturated heterocycles. The van der Waals surface area contributed by atoms with Crippen molar-refractivity contribution in [3.8, 4) is 5.75 Å². The van der Waals surface area contributed by atoms with Crippen molar-refractivity contribution in [3.63, 3.8) is 0 Å². The molecule has 2 aliphatic heterocycles. The van der Waals surface area contributed by atoms with Gasteiger partial charge in [-0.15, -0.1) is 0 Å². The summed E-state index contributed by atoms with van der Waals surface area (Å²) in [4.78, 5) is 29.1. The van der Waals surface area contributed by atoms with Gasteiger partial charge in [-0.1, -0.05) is 0 Å². The van der Waals surface area contributed by atoms with Crippen molar-refractivity contribution < 1.29 is 14.3 Å². The number of piperidine rings is 2. The Bertz CT molecular complexity index is 685. The molecule has 0 saturated carbocycles. The number of carbonyl (C=O) groups is 2. The predicted molar refractivity (Wildman–Crippen MR) is 106 cm³/mol. The summed E-state index contributed by atoms with van der Waals surface area (Å²) in [5.74, 6) is 1.37. The summed E-state index contributed by atoms with van der Waals surface area (Å²) in [5, 5.41) is 0. The van der Waals surface area contributed by atoms with E-state index in [0.29, 0.717) is 6.04 Å². The molecule has 27 heavy (non-hydrogen) atoms. The Hall–Kier alpha value is -1.88. The number of amides is 1. The van der Waals surface area contributed by atoms with Gasteiger partial charge in [0.15, 0.2) is 5.78 Å². The van der Waals surface area contributed by atoms with E-state index in [1.165, 1.54) is 0 Å².